The zero-order valence-corrected chi connectivity index (χ0v) is 15.2. The van der Waals surface area contributed by atoms with Crippen LogP contribution in [0.2, 0.25) is 0 Å². The second-order valence-electron chi connectivity index (χ2n) is 6.07. The summed E-state index contributed by atoms with van der Waals surface area (Å²) in [5, 5.41) is 2.94. The largest absolute Gasteiger partial charge is 0.493 e. The van der Waals surface area contributed by atoms with Crippen molar-refractivity contribution in [2.45, 2.75) is 19.0 Å². The average Bonchev–Trinajstić information content (AvgIpc) is 2.94. The summed E-state index contributed by atoms with van der Waals surface area (Å²) in [6.45, 7) is -0.243. The molecule has 0 unspecified atom stereocenters. The maximum Gasteiger partial charge on any atom is 0.261 e. The second-order valence-corrected chi connectivity index (χ2v) is 8.30. The number of sulfone groups is 1. The van der Waals surface area contributed by atoms with E-state index in [1.54, 1.807) is 6.07 Å². The van der Waals surface area contributed by atoms with Crippen LogP contribution in [0.5, 0.6) is 11.5 Å². The van der Waals surface area contributed by atoms with Gasteiger partial charge in [0.1, 0.15) is 6.54 Å². The molecule has 9 nitrogen and oxygen atoms in total. The molecule has 0 radical (unpaired) electrons. The topological polar surface area (TPSA) is 117 Å². The zero-order chi connectivity index (χ0) is 18.9. The third-order valence-corrected chi connectivity index (χ3v) is 6.01. The lowest BCUT2D eigenvalue weighted by atomic mass is 10.2. The Morgan fingerprint density at radius 2 is 2.00 bits per heavy atom. The monoisotopic (exact) mass is 381 g/mol. The van der Waals surface area contributed by atoms with Gasteiger partial charge in [0, 0.05) is 12.1 Å². The Morgan fingerprint density at radius 1 is 1.31 bits per heavy atom. The first-order valence-electron chi connectivity index (χ1n) is 7.94. The van der Waals surface area contributed by atoms with E-state index >= 15 is 0 Å². The average molecular weight is 381 g/mol. The molecule has 1 N–H and O–H groups in total. The Labute approximate surface area is 149 Å². The van der Waals surface area contributed by atoms with Gasteiger partial charge in [0.25, 0.3) is 5.56 Å². The number of rotatable bonds is 5. The number of methoxy groups -OCH3 is 2. The number of carbonyl (C=O) groups excluding carboxylic acids is 1. The van der Waals surface area contributed by atoms with Crippen LogP contribution in [-0.2, 0) is 21.2 Å². The highest BCUT2D eigenvalue weighted by Gasteiger charge is 2.29. The molecular weight excluding hydrogens is 362 g/mol. The summed E-state index contributed by atoms with van der Waals surface area (Å²) in [4.78, 5) is 29.0. The number of hydrogen-bond acceptors (Lipinski definition) is 7. The van der Waals surface area contributed by atoms with Crippen LogP contribution >= 0.6 is 0 Å². The minimum Gasteiger partial charge on any atom is -0.493 e. The number of nitrogens with one attached hydrogen (secondary N) is 1. The second kappa shape index (κ2) is 6.94. The van der Waals surface area contributed by atoms with Gasteiger partial charge in [-0.1, -0.05) is 0 Å². The standard InChI is InChI=1S/C16H19N3O6S/c1-24-13-5-11-12(6-14(13)25-2)17-9-19(16(11)21)7-15(20)18-10-3-4-26(22,23)8-10/h5-6,9-10H,3-4,7-8H2,1-2H3,(H,18,20)/t10-/m1/s1. The number of ether oxygens (including phenoxy) is 2. The lowest BCUT2D eigenvalue weighted by Gasteiger charge is -2.13. The van der Waals surface area contributed by atoms with Gasteiger partial charge in [-0.2, -0.15) is 0 Å². The van der Waals surface area contributed by atoms with E-state index in [4.69, 9.17) is 9.47 Å². The fourth-order valence-corrected chi connectivity index (χ4v) is 4.61. The molecule has 0 spiro atoms. The SMILES string of the molecule is COc1cc2ncn(CC(=O)N[C@@H]3CCS(=O)(=O)C3)c(=O)c2cc1OC. The first-order chi connectivity index (χ1) is 12.3. The van der Waals surface area contributed by atoms with E-state index in [9.17, 15) is 18.0 Å². The van der Waals surface area contributed by atoms with E-state index in [0.29, 0.717) is 28.8 Å². The van der Waals surface area contributed by atoms with Crippen molar-refractivity contribution >= 4 is 26.6 Å². The summed E-state index contributed by atoms with van der Waals surface area (Å²) >= 11 is 0. The van der Waals surface area contributed by atoms with Crippen molar-refractivity contribution in [3.8, 4) is 11.5 Å². The van der Waals surface area contributed by atoms with Gasteiger partial charge in [-0.3, -0.25) is 14.2 Å². The van der Waals surface area contributed by atoms with Gasteiger partial charge in [-0.05, 0) is 12.5 Å². The molecule has 1 aromatic carbocycles. The molecule has 1 aliphatic heterocycles. The van der Waals surface area contributed by atoms with Crippen molar-refractivity contribution in [3.05, 3.63) is 28.8 Å². The maximum absolute atomic E-state index is 12.6. The minimum absolute atomic E-state index is 0.0665. The molecule has 2 aromatic rings. The van der Waals surface area contributed by atoms with Crippen LogP contribution in [-0.4, -0.2) is 55.6 Å². The predicted octanol–water partition coefficient (Wildman–Crippen LogP) is -0.283. The fourth-order valence-electron chi connectivity index (χ4n) is 2.93. The van der Waals surface area contributed by atoms with E-state index in [1.807, 2.05) is 0 Å². The molecule has 1 aromatic heterocycles. The van der Waals surface area contributed by atoms with Crippen molar-refractivity contribution in [2.75, 3.05) is 25.7 Å². The number of hydrogen-bond donors (Lipinski definition) is 1. The van der Waals surface area contributed by atoms with Gasteiger partial charge in [0.2, 0.25) is 5.91 Å². The van der Waals surface area contributed by atoms with Gasteiger partial charge in [-0.25, -0.2) is 13.4 Å². The number of aromatic nitrogens is 2. The Morgan fingerprint density at radius 3 is 2.62 bits per heavy atom. The van der Waals surface area contributed by atoms with Crippen molar-refractivity contribution in [2.24, 2.45) is 0 Å². The number of fused-ring (bicyclic) bond motifs is 1. The highest BCUT2D eigenvalue weighted by molar-refractivity contribution is 7.91. The predicted molar refractivity (Wildman–Crippen MR) is 94.3 cm³/mol. The minimum atomic E-state index is -3.09. The quantitative estimate of drug-likeness (QED) is 0.757. The number of carbonyl (C=O) groups is 1. The third-order valence-electron chi connectivity index (χ3n) is 4.24. The molecule has 2 heterocycles. The molecule has 1 fully saturated rings. The first-order valence-corrected chi connectivity index (χ1v) is 9.76. The maximum atomic E-state index is 12.6. The van der Waals surface area contributed by atoms with E-state index in [0.717, 1.165) is 0 Å². The molecular formula is C16H19N3O6S. The van der Waals surface area contributed by atoms with E-state index in [2.05, 4.69) is 10.3 Å². The van der Waals surface area contributed by atoms with Crippen LogP contribution < -0.4 is 20.3 Å². The van der Waals surface area contributed by atoms with Crippen molar-refractivity contribution in [3.63, 3.8) is 0 Å². The molecule has 140 valence electrons. The summed E-state index contributed by atoms with van der Waals surface area (Å²) in [5.74, 6) is 0.399. The zero-order valence-electron chi connectivity index (χ0n) is 14.4. The molecule has 1 aliphatic rings. The number of benzene rings is 1. The first kappa shape index (κ1) is 18.2. The Kier molecular flexibility index (Phi) is 4.86. The summed E-state index contributed by atoms with van der Waals surface area (Å²) in [6, 6.07) is 2.69. The van der Waals surface area contributed by atoms with Gasteiger partial charge < -0.3 is 14.8 Å². The van der Waals surface area contributed by atoms with Gasteiger partial charge in [0.05, 0.1) is 43.0 Å². The van der Waals surface area contributed by atoms with Crippen molar-refractivity contribution in [1.82, 2.24) is 14.9 Å². The van der Waals surface area contributed by atoms with Crippen LogP contribution in [0.15, 0.2) is 23.3 Å². The van der Waals surface area contributed by atoms with E-state index in [1.165, 1.54) is 31.2 Å². The van der Waals surface area contributed by atoms with E-state index < -0.39 is 27.3 Å². The number of nitrogens with zero attached hydrogens (tertiary/aromatic N) is 2. The molecule has 0 saturated carbocycles. The van der Waals surface area contributed by atoms with Gasteiger partial charge in [-0.15, -0.1) is 0 Å². The molecule has 1 saturated heterocycles. The van der Waals surface area contributed by atoms with Crippen molar-refractivity contribution in [1.29, 1.82) is 0 Å². The Hall–Kier alpha value is -2.62. The van der Waals surface area contributed by atoms with E-state index in [-0.39, 0.29) is 18.1 Å². The molecule has 10 heteroatoms. The lowest BCUT2D eigenvalue weighted by Crippen LogP contribution is -2.39. The smallest absolute Gasteiger partial charge is 0.261 e. The highest BCUT2D eigenvalue weighted by Crippen LogP contribution is 2.29. The molecule has 0 aliphatic carbocycles. The van der Waals surface area contributed by atoms with Crippen molar-refractivity contribution < 1.29 is 22.7 Å². The molecule has 3 rings (SSSR count). The third kappa shape index (κ3) is 3.64. The molecule has 0 bridgehead atoms. The summed E-state index contributed by atoms with van der Waals surface area (Å²) < 4.78 is 34.5. The van der Waals surface area contributed by atoms with Gasteiger partial charge >= 0.3 is 0 Å². The molecule has 26 heavy (non-hydrogen) atoms. The van der Waals surface area contributed by atoms with Gasteiger partial charge in [0.15, 0.2) is 21.3 Å². The Bertz CT molecular complexity index is 1010. The summed E-state index contributed by atoms with van der Waals surface area (Å²) in [5.41, 5.74) is 0.0244. The van der Waals surface area contributed by atoms with Crippen LogP contribution in [0, 0.1) is 0 Å². The Balaban J connectivity index is 1.83. The fraction of sp³-hybridized carbons (Fsp3) is 0.438. The summed E-state index contributed by atoms with van der Waals surface area (Å²) in [6.07, 6.45) is 1.66. The highest BCUT2D eigenvalue weighted by atomic mass is 32.2. The lowest BCUT2D eigenvalue weighted by molar-refractivity contribution is -0.122. The van der Waals surface area contributed by atoms with Crippen LogP contribution in [0.25, 0.3) is 10.9 Å². The molecule has 1 amide bonds. The van der Waals surface area contributed by atoms with Crippen LogP contribution in [0.4, 0.5) is 0 Å². The summed E-state index contributed by atoms with van der Waals surface area (Å²) in [7, 11) is -0.142. The van der Waals surface area contributed by atoms with Crippen LogP contribution in [0.3, 0.4) is 0 Å². The number of amides is 1. The van der Waals surface area contributed by atoms with Crippen LogP contribution in [0.1, 0.15) is 6.42 Å². The normalized spacial score (nSPS) is 18.6. The molecule has 1 atom stereocenters.